The van der Waals surface area contributed by atoms with E-state index in [4.69, 9.17) is 4.74 Å². The largest absolute Gasteiger partial charge is 0.496 e. The van der Waals surface area contributed by atoms with Crippen LogP contribution in [-0.4, -0.2) is 19.7 Å². The second-order valence-electron chi connectivity index (χ2n) is 2.61. The van der Waals surface area contributed by atoms with E-state index in [2.05, 4.69) is 0 Å². The number of methoxy groups -OCH3 is 1. The van der Waals surface area contributed by atoms with E-state index in [0.717, 1.165) is 11.8 Å². The lowest BCUT2D eigenvalue weighted by Gasteiger charge is -2.03. The van der Waals surface area contributed by atoms with Crippen LogP contribution in [0.5, 0.6) is 5.75 Å². The molecule has 0 saturated carbocycles. The van der Waals surface area contributed by atoms with Crippen molar-refractivity contribution in [3.05, 3.63) is 35.4 Å². The van der Waals surface area contributed by atoms with Crippen LogP contribution in [0.1, 0.15) is 15.9 Å². The molecular weight excluding hydrogens is 180 g/mol. The first-order chi connectivity index (χ1) is 6.81. The van der Waals surface area contributed by atoms with Gasteiger partial charge in [-0.2, -0.15) is 0 Å². The molecule has 0 fully saturated rings. The van der Waals surface area contributed by atoms with Crippen LogP contribution in [0.4, 0.5) is 0 Å². The third kappa shape index (κ3) is 2.29. The zero-order valence-electron chi connectivity index (χ0n) is 7.77. The van der Waals surface area contributed by atoms with Crippen molar-refractivity contribution >= 4 is 18.6 Å². The summed E-state index contributed by atoms with van der Waals surface area (Å²) in [6, 6.07) is 5.12. The second-order valence-corrected chi connectivity index (χ2v) is 2.61. The number of rotatable bonds is 4. The molecule has 0 heterocycles. The van der Waals surface area contributed by atoms with Gasteiger partial charge in [0.1, 0.15) is 12.0 Å². The van der Waals surface area contributed by atoms with Gasteiger partial charge in [-0.3, -0.25) is 9.59 Å². The molecule has 0 amide bonds. The number of hydrogen-bond donors (Lipinski definition) is 0. The highest BCUT2D eigenvalue weighted by Gasteiger charge is 2.00. The molecular formula is C11H10O3. The average molecular weight is 190 g/mol. The fraction of sp³-hybridized carbons (Fsp3) is 0.0909. The van der Waals surface area contributed by atoms with Crippen LogP contribution in [0, 0.1) is 0 Å². The molecule has 0 radical (unpaired) electrons. The van der Waals surface area contributed by atoms with Crippen LogP contribution in [0.3, 0.4) is 0 Å². The Bertz CT molecular complexity index is 367. The van der Waals surface area contributed by atoms with Gasteiger partial charge >= 0.3 is 0 Å². The van der Waals surface area contributed by atoms with Gasteiger partial charge in [0.05, 0.1) is 12.7 Å². The smallest absolute Gasteiger partial charge is 0.153 e. The Morgan fingerprint density at radius 2 is 2.07 bits per heavy atom. The lowest BCUT2D eigenvalue weighted by molar-refractivity contribution is -0.104. The van der Waals surface area contributed by atoms with Crippen molar-refractivity contribution in [3.8, 4) is 5.75 Å². The molecule has 1 aromatic rings. The van der Waals surface area contributed by atoms with Crippen LogP contribution in [0.2, 0.25) is 0 Å². The molecule has 1 aromatic carbocycles. The number of allylic oxidation sites excluding steroid dienone is 1. The molecule has 1 rings (SSSR count). The van der Waals surface area contributed by atoms with Crippen LogP contribution < -0.4 is 4.74 Å². The molecule has 0 aliphatic carbocycles. The van der Waals surface area contributed by atoms with Crippen molar-refractivity contribution < 1.29 is 14.3 Å². The fourth-order valence-electron chi connectivity index (χ4n) is 1.10. The van der Waals surface area contributed by atoms with Gasteiger partial charge in [-0.1, -0.05) is 12.1 Å². The highest BCUT2D eigenvalue weighted by molar-refractivity contribution is 5.82. The first kappa shape index (κ1) is 10.2. The lowest BCUT2D eigenvalue weighted by Crippen LogP contribution is -1.90. The van der Waals surface area contributed by atoms with Gasteiger partial charge in [-0.25, -0.2) is 0 Å². The summed E-state index contributed by atoms with van der Waals surface area (Å²) in [6.45, 7) is 0. The van der Waals surface area contributed by atoms with Crippen molar-refractivity contribution in [3.63, 3.8) is 0 Å². The SMILES string of the molecule is COc1ccc(C=CC=O)cc1C=O. The van der Waals surface area contributed by atoms with E-state index in [1.807, 2.05) is 0 Å². The Labute approximate surface area is 82.0 Å². The van der Waals surface area contributed by atoms with E-state index in [0.29, 0.717) is 17.6 Å². The Morgan fingerprint density at radius 1 is 1.29 bits per heavy atom. The summed E-state index contributed by atoms with van der Waals surface area (Å²) in [6.07, 6.45) is 4.40. The van der Waals surface area contributed by atoms with Gasteiger partial charge in [-0.15, -0.1) is 0 Å². The molecule has 3 nitrogen and oxygen atoms in total. The molecule has 0 spiro atoms. The second kappa shape index (κ2) is 4.97. The van der Waals surface area contributed by atoms with E-state index >= 15 is 0 Å². The normalized spacial score (nSPS) is 10.1. The summed E-state index contributed by atoms with van der Waals surface area (Å²) in [5.74, 6) is 0.531. The maximum absolute atomic E-state index is 10.6. The fourth-order valence-corrected chi connectivity index (χ4v) is 1.10. The van der Waals surface area contributed by atoms with Crippen LogP contribution in [0.15, 0.2) is 24.3 Å². The number of carbonyl (C=O) groups excluding carboxylic acids is 2. The minimum atomic E-state index is 0.473. The molecule has 0 aromatic heterocycles. The summed E-state index contributed by atoms with van der Waals surface area (Å²) in [4.78, 5) is 20.7. The zero-order valence-corrected chi connectivity index (χ0v) is 7.77. The van der Waals surface area contributed by atoms with Crippen molar-refractivity contribution in [2.45, 2.75) is 0 Å². The van der Waals surface area contributed by atoms with E-state index in [1.54, 1.807) is 24.3 Å². The van der Waals surface area contributed by atoms with Gasteiger partial charge in [0.25, 0.3) is 0 Å². The minimum absolute atomic E-state index is 0.473. The summed E-state index contributed by atoms with van der Waals surface area (Å²) in [5.41, 5.74) is 1.26. The van der Waals surface area contributed by atoms with Crippen molar-refractivity contribution in [2.24, 2.45) is 0 Å². The molecule has 72 valence electrons. The molecule has 0 aliphatic rings. The summed E-state index contributed by atoms with van der Waals surface area (Å²) in [7, 11) is 1.50. The van der Waals surface area contributed by atoms with E-state index in [1.165, 1.54) is 13.2 Å². The van der Waals surface area contributed by atoms with E-state index < -0.39 is 0 Å². The standard InChI is InChI=1S/C11H10O3/c1-14-11-5-4-9(3-2-6-12)7-10(11)8-13/h2-8H,1H3. The van der Waals surface area contributed by atoms with Gasteiger partial charge < -0.3 is 4.74 Å². The highest BCUT2D eigenvalue weighted by atomic mass is 16.5. The topological polar surface area (TPSA) is 43.4 Å². The predicted octanol–water partition coefficient (Wildman–Crippen LogP) is 1.72. The number of hydrogen-bond acceptors (Lipinski definition) is 3. The monoisotopic (exact) mass is 190 g/mol. The molecule has 0 aliphatic heterocycles. The van der Waals surface area contributed by atoms with E-state index in [9.17, 15) is 9.59 Å². The minimum Gasteiger partial charge on any atom is -0.496 e. The number of benzene rings is 1. The van der Waals surface area contributed by atoms with E-state index in [-0.39, 0.29) is 0 Å². The summed E-state index contributed by atoms with van der Waals surface area (Å²) < 4.78 is 4.97. The van der Waals surface area contributed by atoms with Crippen LogP contribution >= 0.6 is 0 Å². The average Bonchev–Trinajstić information content (AvgIpc) is 2.25. The van der Waals surface area contributed by atoms with Gasteiger partial charge in [0.2, 0.25) is 0 Å². The number of ether oxygens (including phenoxy) is 1. The molecule has 0 N–H and O–H groups in total. The van der Waals surface area contributed by atoms with Crippen LogP contribution in [0.25, 0.3) is 6.08 Å². The van der Waals surface area contributed by atoms with Gasteiger partial charge in [-0.05, 0) is 23.8 Å². The molecule has 14 heavy (non-hydrogen) atoms. The quantitative estimate of drug-likeness (QED) is 0.536. The number of aldehydes is 2. The van der Waals surface area contributed by atoms with Gasteiger partial charge in [0.15, 0.2) is 6.29 Å². The highest BCUT2D eigenvalue weighted by Crippen LogP contribution is 2.18. The summed E-state index contributed by atoms with van der Waals surface area (Å²) in [5, 5.41) is 0. The van der Waals surface area contributed by atoms with Gasteiger partial charge in [0, 0.05) is 0 Å². The Morgan fingerprint density at radius 3 is 2.64 bits per heavy atom. The molecule has 0 atom stereocenters. The third-order valence-electron chi connectivity index (χ3n) is 1.75. The number of carbonyl (C=O) groups is 2. The zero-order chi connectivity index (χ0) is 10.4. The maximum Gasteiger partial charge on any atom is 0.153 e. The van der Waals surface area contributed by atoms with Crippen molar-refractivity contribution in [1.82, 2.24) is 0 Å². The predicted molar refractivity (Wildman–Crippen MR) is 53.5 cm³/mol. The molecule has 0 unspecified atom stereocenters. The van der Waals surface area contributed by atoms with Crippen LogP contribution in [-0.2, 0) is 4.79 Å². The first-order valence-corrected chi connectivity index (χ1v) is 4.07. The van der Waals surface area contributed by atoms with Crippen molar-refractivity contribution in [2.75, 3.05) is 7.11 Å². The molecule has 0 saturated heterocycles. The lowest BCUT2D eigenvalue weighted by atomic mass is 10.1. The third-order valence-corrected chi connectivity index (χ3v) is 1.75. The summed E-state index contributed by atoms with van der Waals surface area (Å²) >= 11 is 0. The molecule has 0 bridgehead atoms. The Hall–Kier alpha value is -1.90. The Balaban J connectivity index is 3.06. The Kier molecular flexibility index (Phi) is 3.61. The first-order valence-electron chi connectivity index (χ1n) is 4.07. The molecule has 3 heteroatoms. The van der Waals surface area contributed by atoms with Crippen molar-refractivity contribution in [1.29, 1.82) is 0 Å². The maximum atomic E-state index is 10.6.